The van der Waals surface area contributed by atoms with Gasteiger partial charge >= 0.3 is 11.7 Å². The molecule has 0 saturated heterocycles. The molecule has 1 heterocycles. The van der Waals surface area contributed by atoms with E-state index in [1.54, 1.807) is 24.1 Å². The molecule has 3 rings (SSSR count). The van der Waals surface area contributed by atoms with Gasteiger partial charge < -0.3 is 14.6 Å². The monoisotopic (exact) mass is 400 g/mol. The van der Waals surface area contributed by atoms with Crippen molar-refractivity contribution >= 4 is 38.6 Å². The molecule has 3 aromatic rings. The molecular weight excluding hydrogens is 384 g/mol. The van der Waals surface area contributed by atoms with Crippen molar-refractivity contribution in [3.63, 3.8) is 0 Å². The number of rotatable bonds is 3. The number of halogens is 1. The number of amides is 2. The van der Waals surface area contributed by atoms with E-state index in [4.69, 9.17) is 4.42 Å². The number of nitrogens with one attached hydrogen (secondary N) is 1. The zero-order valence-corrected chi connectivity index (χ0v) is 15.5. The van der Waals surface area contributed by atoms with Crippen molar-refractivity contribution in [3.8, 4) is 0 Å². The lowest BCUT2D eigenvalue weighted by Gasteiger charge is -2.18. The van der Waals surface area contributed by atoms with Crippen molar-refractivity contribution < 1.29 is 9.21 Å². The standard InChI is InChI=1S/C19H17BrN2O3/c1-12-9-18(23)25-17-10-15(7-8-16(12)17)21-19(24)22(2)11-13-3-5-14(20)6-4-13/h3-10H,11H2,1-2H3,(H,21,24). The molecule has 1 aromatic heterocycles. The fourth-order valence-corrected chi connectivity index (χ4v) is 2.82. The molecular formula is C19H17BrN2O3. The number of anilines is 1. The smallest absolute Gasteiger partial charge is 0.336 e. The van der Waals surface area contributed by atoms with Crippen LogP contribution in [-0.2, 0) is 6.54 Å². The predicted octanol–water partition coefficient (Wildman–Crippen LogP) is 4.53. The number of nitrogens with zero attached hydrogens (tertiary/aromatic N) is 1. The molecule has 0 bridgehead atoms. The lowest BCUT2D eigenvalue weighted by Crippen LogP contribution is -2.30. The van der Waals surface area contributed by atoms with Crippen LogP contribution in [0.5, 0.6) is 0 Å². The normalized spacial score (nSPS) is 10.7. The van der Waals surface area contributed by atoms with E-state index in [2.05, 4.69) is 21.2 Å². The lowest BCUT2D eigenvalue weighted by molar-refractivity contribution is 0.220. The average Bonchev–Trinajstić information content (AvgIpc) is 2.56. The molecule has 0 spiro atoms. The summed E-state index contributed by atoms with van der Waals surface area (Å²) in [5.41, 5.74) is 2.51. The first-order chi connectivity index (χ1) is 11.9. The number of carbonyl (C=O) groups is 1. The van der Waals surface area contributed by atoms with E-state index in [0.717, 1.165) is 21.0 Å². The van der Waals surface area contributed by atoms with E-state index >= 15 is 0 Å². The van der Waals surface area contributed by atoms with Crippen molar-refractivity contribution in [2.45, 2.75) is 13.5 Å². The zero-order valence-electron chi connectivity index (χ0n) is 13.9. The van der Waals surface area contributed by atoms with Gasteiger partial charge in [-0.05, 0) is 42.3 Å². The number of aryl methyl sites for hydroxylation is 1. The molecule has 0 aliphatic carbocycles. The highest BCUT2D eigenvalue weighted by Gasteiger charge is 2.11. The highest BCUT2D eigenvalue weighted by molar-refractivity contribution is 9.10. The van der Waals surface area contributed by atoms with Gasteiger partial charge in [0.05, 0.1) is 0 Å². The van der Waals surface area contributed by atoms with Crippen LogP contribution in [0.3, 0.4) is 0 Å². The van der Waals surface area contributed by atoms with Crippen molar-refractivity contribution in [2.24, 2.45) is 0 Å². The second kappa shape index (κ2) is 7.11. The van der Waals surface area contributed by atoms with Crippen molar-refractivity contribution in [1.29, 1.82) is 0 Å². The van der Waals surface area contributed by atoms with Crippen LogP contribution in [0.2, 0.25) is 0 Å². The molecule has 0 aliphatic heterocycles. The molecule has 0 fully saturated rings. The van der Waals surface area contributed by atoms with Crippen molar-refractivity contribution in [2.75, 3.05) is 12.4 Å². The fourth-order valence-electron chi connectivity index (χ4n) is 2.56. The van der Waals surface area contributed by atoms with Gasteiger partial charge in [-0.15, -0.1) is 0 Å². The maximum atomic E-state index is 12.4. The van der Waals surface area contributed by atoms with Gasteiger partial charge in [-0.25, -0.2) is 9.59 Å². The van der Waals surface area contributed by atoms with E-state index in [0.29, 0.717) is 17.8 Å². The van der Waals surface area contributed by atoms with Crippen LogP contribution >= 0.6 is 15.9 Å². The van der Waals surface area contributed by atoms with Gasteiger partial charge in [0.2, 0.25) is 0 Å². The number of hydrogen-bond acceptors (Lipinski definition) is 3. The summed E-state index contributed by atoms with van der Waals surface area (Å²) in [6.07, 6.45) is 0. The van der Waals surface area contributed by atoms with Gasteiger partial charge in [-0.2, -0.15) is 0 Å². The number of carbonyl (C=O) groups excluding carboxylic acids is 1. The third-order valence-electron chi connectivity index (χ3n) is 3.88. The Labute approximate surface area is 153 Å². The van der Waals surface area contributed by atoms with E-state index in [1.807, 2.05) is 37.3 Å². The van der Waals surface area contributed by atoms with E-state index in [9.17, 15) is 9.59 Å². The zero-order chi connectivity index (χ0) is 18.0. The molecule has 6 heteroatoms. The number of benzene rings is 2. The summed E-state index contributed by atoms with van der Waals surface area (Å²) in [7, 11) is 1.72. The fraction of sp³-hybridized carbons (Fsp3) is 0.158. The Kier molecular flexibility index (Phi) is 4.90. The van der Waals surface area contributed by atoms with Crippen LogP contribution in [-0.4, -0.2) is 18.0 Å². The summed E-state index contributed by atoms with van der Waals surface area (Å²) in [6, 6.07) is 14.3. The maximum Gasteiger partial charge on any atom is 0.336 e. The predicted molar refractivity (Wildman–Crippen MR) is 102 cm³/mol. The molecule has 1 N–H and O–H groups in total. The average molecular weight is 401 g/mol. The van der Waals surface area contributed by atoms with Crippen LogP contribution in [0, 0.1) is 6.92 Å². The summed E-state index contributed by atoms with van der Waals surface area (Å²) in [6.45, 7) is 2.34. The van der Waals surface area contributed by atoms with E-state index < -0.39 is 5.63 Å². The minimum atomic E-state index is -0.402. The number of hydrogen-bond donors (Lipinski definition) is 1. The Balaban J connectivity index is 1.74. The SMILES string of the molecule is Cc1cc(=O)oc2cc(NC(=O)N(C)Cc3ccc(Br)cc3)ccc12. The Morgan fingerprint density at radius 1 is 1.16 bits per heavy atom. The van der Waals surface area contributed by atoms with Gasteiger partial charge in [-0.1, -0.05) is 28.1 Å². The van der Waals surface area contributed by atoms with Crippen LogP contribution in [0.4, 0.5) is 10.5 Å². The highest BCUT2D eigenvalue weighted by atomic mass is 79.9. The molecule has 5 nitrogen and oxygen atoms in total. The summed E-state index contributed by atoms with van der Waals surface area (Å²) >= 11 is 3.39. The highest BCUT2D eigenvalue weighted by Crippen LogP contribution is 2.21. The van der Waals surface area contributed by atoms with Gasteiger partial charge in [0.15, 0.2) is 0 Å². The van der Waals surface area contributed by atoms with Gasteiger partial charge in [0, 0.05) is 41.3 Å². The Morgan fingerprint density at radius 3 is 2.60 bits per heavy atom. The maximum absolute atomic E-state index is 12.4. The third-order valence-corrected chi connectivity index (χ3v) is 4.41. The Hall–Kier alpha value is -2.60. The summed E-state index contributed by atoms with van der Waals surface area (Å²) in [5.74, 6) is 0. The lowest BCUT2D eigenvalue weighted by atomic mass is 10.1. The molecule has 0 saturated carbocycles. The van der Waals surface area contributed by atoms with Crippen molar-refractivity contribution in [3.05, 3.63) is 74.6 Å². The Bertz CT molecular complexity index is 980. The van der Waals surface area contributed by atoms with Gasteiger partial charge in [0.25, 0.3) is 0 Å². The number of urea groups is 1. The quantitative estimate of drug-likeness (QED) is 0.656. The molecule has 0 atom stereocenters. The summed E-state index contributed by atoms with van der Waals surface area (Å²) in [5, 5.41) is 3.67. The topological polar surface area (TPSA) is 62.6 Å². The molecule has 2 aromatic carbocycles. The number of fused-ring (bicyclic) bond motifs is 1. The largest absolute Gasteiger partial charge is 0.423 e. The van der Waals surface area contributed by atoms with Crippen LogP contribution in [0.25, 0.3) is 11.0 Å². The van der Waals surface area contributed by atoms with Crippen LogP contribution < -0.4 is 10.9 Å². The molecule has 25 heavy (non-hydrogen) atoms. The molecule has 0 aliphatic rings. The minimum Gasteiger partial charge on any atom is -0.423 e. The minimum absolute atomic E-state index is 0.239. The summed E-state index contributed by atoms with van der Waals surface area (Å²) in [4.78, 5) is 25.5. The van der Waals surface area contributed by atoms with Crippen molar-refractivity contribution in [1.82, 2.24) is 4.90 Å². The first kappa shape index (κ1) is 17.2. The van der Waals surface area contributed by atoms with Crippen LogP contribution in [0.1, 0.15) is 11.1 Å². The van der Waals surface area contributed by atoms with Gasteiger partial charge in [0.1, 0.15) is 5.58 Å². The van der Waals surface area contributed by atoms with Crippen LogP contribution in [0.15, 0.2) is 62.2 Å². The Morgan fingerprint density at radius 2 is 1.88 bits per heavy atom. The third kappa shape index (κ3) is 4.09. The second-order valence-corrected chi connectivity index (χ2v) is 6.79. The molecule has 0 unspecified atom stereocenters. The van der Waals surface area contributed by atoms with Gasteiger partial charge in [-0.3, -0.25) is 0 Å². The molecule has 128 valence electrons. The molecule has 0 radical (unpaired) electrons. The first-order valence-electron chi connectivity index (χ1n) is 7.73. The van der Waals surface area contributed by atoms with E-state index in [1.165, 1.54) is 6.07 Å². The second-order valence-electron chi connectivity index (χ2n) is 5.87. The first-order valence-corrected chi connectivity index (χ1v) is 8.53. The summed E-state index contributed by atoms with van der Waals surface area (Å²) < 4.78 is 6.20. The van der Waals surface area contributed by atoms with E-state index in [-0.39, 0.29) is 6.03 Å². The molecule has 2 amide bonds.